The molecule has 2 atom stereocenters. The van der Waals surface area contributed by atoms with E-state index in [4.69, 9.17) is 14.6 Å². The van der Waals surface area contributed by atoms with Gasteiger partial charge in [-0.1, -0.05) is 84.9 Å². The van der Waals surface area contributed by atoms with E-state index in [2.05, 4.69) is 101 Å². The molecule has 0 aromatic heterocycles. The van der Waals surface area contributed by atoms with Gasteiger partial charge in [0, 0.05) is 18.7 Å². The molecule has 4 aromatic rings. The van der Waals surface area contributed by atoms with E-state index in [9.17, 15) is 19.5 Å². The third-order valence-electron chi connectivity index (χ3n) is 15.2. The summed E-state index contributed by atoms with van der Waals surface area (Å²) in [4.78, 5) is 35.2. The van der Waals surface area contributed by atoms with Crippen LogP contribution in [0.3, 0.4) is 0 Å². The Labute approximate surface area is 389 Å². The van der Waals surface area contributed by atoms with Crippen molar-refractivity contribution < 1.29 is 34.1 Å². The first-order valence-corrected chi connectivity index (χ1v) is 24.5. The van der Waals surface area contributed by atoms with Gasteiger partial charge in [0.05, 0.1) is 23.5 Å². The molecule has 2 saturated heterocycles. The number of carbonyl (C=O) groups excluding carboxylic acids is 1. The van der Waals surface area contributed by atoms with Gasteiger partial charge in [0.1, 0.15) is 17.8 Å². The minimum absolute atomic E-state index is 0.194. The standard InChI is InChI=1S/C28H39NO3.C21H26O2.C7H13NO2/c1-19-17-29(14-13-26(19)27(30)31)18-20-5-6-22-16-25(10-7-21(22)15-20)32-24-11-8-23(9-12-24)28(2,3)4;1-21(2,3)18-7-10-19(11-8-18)23-20-9-6-16-12-15(14-22)4-5-17(16)13-20;1-7(6(9)10)2-4-8-5-3-7/h5-7,10,15-16,19,23-24,26H,8-9,11-14,17-18H2,1-4H3,(H,30,31);4-6,9,12-14,18-19H,7-8,10-11H2,1-3H3;8H,2-5H2,1H3,(H,9,10). The van der Waals surface area contributed by atoms with Crippen molar-refractivity contribution in [2.24, 2.45) is 39.9 Å². The predicted octanol–water partition coefficient (Wildman–Crippen LogP) is 12.5. The molecule has 0 radical (unpaired) electrons. The molecule has 354 valence electrons. The number of nitrogens with one attached hydrogen (secondary N) is 1. The van der Waals surface area contributed by atoms with Crippen molar-refractivity contribution in [2.45, 2.75) is 145 Å². The Bertz CT molecular complexity index is 2200. The van der Waals surface area contributed by atoms with Crippen molar-refractivity contribution in [3.05, 3.63) is 83.9 Å². The second-order valence-corrected chi connectivity index (χ2v) is 22.2. The lowest BCUT2D eigenvalue weighted by molar-refractivity contribution is -0.149. The fourth-order valence-corrected chi connectivity index (χ4v) is 10.5. The minimum atomic E-state index is -0.658. The lowest BCUT2D eigenvalue weighted by atomic mass is 9.72. The van der Waals surface area contributed by atoms with Gasteiger partial charge in [-0.15, -0.1) is 0 Å². The van der Waals surface area contributed by atoms with E-state index < -0.39 is 17.4 Å². The van der Waals surface area contributed by atoms with Gasteiger partial charge < -0.3 is 25.0 Å². The molecule has 4 aromatic carbocycles. The third kappa shape index (κ3) is 14.0. The molecule has 0 spiro atoms. The van der Waals surface area contributed by atoms with Gasteiger partial charge in [-0.25, -0.2) is 0 Å². The highest BCUT2D eigenvalue weighted by atomic mass is 16.5. The van der Waals surface area contributed by atoms with Crippen LogP contribution in [0.1, 0.15) is 142 Å². The van der Waals surface area contributed by atoms with E-state index in [1.54, 1.807) is 0 Å². The lowest BCUT2D eigenvalue weighted by Crippen LogP contribution is -2.41. The average Bonchev–Trinajstić information content (AvgIpc) is 3.26. The van der Waals surface area contributed by atoms with Crippen LogP contribution in [0.25, 0.3) is 21.5 Å². The maximum atomic E-state index is 11.4. The minimum Gasteiger partial charge on any atom is -0.490 e. The lowest BCUT2D eigenvalue weighted by Gasteiger charge is -2.37. The zero-order chi connectivity index (χ0) is 46.9. The average molecular weight is 891 g/mol. The Morgan fingerprint density at radius 2 is 1.17 bits per heavy atom. The molecule has 8 rings (SSSR count). The highest BCUT2D eigenvalue weighted by Crippen LogP contribution is 2.40. The van der Waals surface area contributed by atoms with Crippen LogP contribution < -0.4 is 14.8 Å². The highest BCUT2D eigenvalue weighted by Gasteiger charge is 2.35. The molecular weight excluding hydrogens is 813 g/mol. The number of benzene rings is 4. The van der Waals surface area contributed by atoms with Crippen molar-refractivity contribution in [1.29, 1.82) is 0 Å². The van der Waals surface area contributed by atoms with Crippen molar-refractivity contribution in [3.63, 3.8) is 0 Å². The number of hydrogen-bond donors (Lipinski definition) is 3. The smallest absolute Gasteiger partial charge is 0.309 e. The summed E-state index contributed by atoms with van der Waals surface area (Å²) in [5.74, 6) is 2.21. The number of carboxylic acid groups (broad SMARTS) is 2. The number of carboxylic acids is 2. The number of aldehydes is 1. The molecule has 2 aliphatic heterocycles. The van der Waals surface area contributed by atoms with Crippen LogP contribution >= 0.6 is 0 Å². The van der Waals surface area contributed by atoms with Crippen LogP contribution in [-0.2, 0) is 16.1 Å². The Morgan fingerprint density at radius 3 is 1.62 bits per heavy atom. The summed E-state index contributed by atoms with van der Waals surface area (Å²) in [5.41, 5.74) is 2.34. The first-order valence-electron chi connectivity index (χ1n) is 24.5. The molecule has 2 saturated carbocycles. The first kappa shape index (κ1) is 50.0. The Morgan fingerprint density at radius 1 is 0.692 bits per heavy atom. The summed E-state index contributed by atoms with van der Waals surface area (Å²) in [6.07, 6.45) is 13.4. The van der Waals surface area contributed by atoms with Crippen molar-refractivity contribution in [3.8, 4) is 11.5 Å². The van der Waals surface area contributed by atoms with Gasteiger partial charge in [0.2, 0.25) is 0 Å². The molecular formula is C56H78N2O7. The van der Waals surface area contributed by atoms with Gasteiger partial charge in [-0.2, -0.15) is 0 Å². The van der Waals surface area contributed by atoms with Gasteiger partial charge in [-0.3, -0.25) is 19.3 Å². The van der Waals surface area contributed by atoms with Crippen LogP contribution in [0.5, 0.6) is 11.5 Å². The number of aliphatic carboxylic acids is 2. The van der Waals surface area contributed by atoms with Gasteiger partial charge in [0.25, 0.3) is 0 Å². The van der Waals surface area contributed by atoms with E-state index >= 15 is 0 Å². The number of hydrogen-bond acceptors (Lipinski definition) is 7. The number of fused-ring (bicyclic) bond motifs is 2. The van der Waals surface area contributed by atoms with Crippen molar-refractivity contribution >= 4 is 39.8 Å². The fraction of sp³-hybridized carbons (Fsp3) is 0.589. The molecule has 3 N–H and O–H groups in total. The molecule has 4 aliphatic rings. The quantitative estimate of drug-likeness (QED) is 0.141. The summed E-state index contributed by atoms with van der Waals surface area (Å²) in [6, 6.07) is 25.0. The van der Waals surface area contributed by atoms with E-state index in [-0.39, 0.29) is 11.8 Å². The SMILES string of the molecule is CC(C)(C)C1CCC(Oc2ccc3cc(C=O)ccc3c2)CC1.CC1(C(=O)O)CCNCC1.CC1CN(Cc2ccc3cc(OC4CCC(C(C)(C)C)CC4)ccc3c2)CCC1C(=O)O. The van der Waals surface area contributed by atoms with E-state index in [0.29, 0.717) is 28.6 Å². The molecule has 2 unspecified atom stereocenters. The van der Waals surface area contributed by atoms with Crippen LogP contribution in [0.2, 0.25) is 0 Å². The summed E-state index contributed by atoms with van der Waals surface area (Å²) in [5, 5.41) is 25.9. The number of rotatable bonds is 9. The maximum absolute atomic E-state index is 11.4. The normalized spacial score (nSPS) is 25.0. The first-order chi connectivity index (χ1) is 30.8. The summed E-state index contributed by atoms with van der Waals surface area (Å²) in [7, 11) is 0. The van der Waals surface area contributed by atoms with Crippen LogP contribution in [0, 0.1) is 39.9 Å². The number of likely N-dealkylation sites (tertiary alicyclic amines) is 1. The molecule has 0 amide bonds. The molecule has 4 fully saturated rings. The molecule has 9 heteroatoms. The zero-order valence-corrected chi connectivity index (χ0v) is 40.7. The summed E-state index contributed by atoms with van der Waals surface area (Å²) >= 11 is 0. The highest BCUT2D eigenvalue weighted by molar-refractivity contribution is 5.89. The van der Waals surface area contributed by atoms with E-state index in [1.165, 1.54) is 42.0 Å². The van der Waals surface area contributed by atoms with Crippen LogP contribution in [-0.4, -0.2) is 71.7 Å². The molecule has 65 heavy (non-hydrogen) atoms. The Kier molecular flexibility index (Phi) is 16.8. The monoisotopic (exact) mass is 891 g/mol. The van der Waals surface area contributed by atoms with Crippen molar-refractivity contribution in [2.75, 3.05) is 26.2 Å². The topological polar surface area (TPSA) is 125 Å². The van der Waals surface area contributed by atoms with E-state index in [1.807, 2.05) is 37.3 Å². The summed E-state index contributed by atoms with van der Waals surface area (Å²) < 4.78 is 12.6. The number of carbonyl (C=O) groups is 3. The van der Waals surface area contributed by atoms with Gasteiger partial charge in [0.15, 0.2) is 0 Å². The third-order valence-corrected chi connectivity index (χ3v) is 15.2. The van der Waals surface area contributed by atoms with Crippen molar-refractivity contribution in [1.82, 2.24) is 10.2 Å². The largest absolute Gasteiger partial charge is 0.490 e. The molecule has 9 nitrogen and oxygen atoms in total. The second-order valence-electron chi connectivity index (χ2n) is 22.2. The molecule has 2 aliphatic carbocycles. The van der Waals surface area contributed by atoms with Gasteiger partial charge >= 0.3 is 11.9 Å². The predicted molar refractivity (Wildman–Crippen MR) is 263 cm³/mol. The Balaban J connectivity index is 0.000000184. The molecule has 2 heterocycles. The zero-order valence-electron chi connectivity index (χ0n) is 40.7. The maximum Gasteiger partial charge on any atom is 0.309 e. The van der Waals surface area contributed by atoms with Crippen LogP contribution in [0.4, 0.5) is 0 Å². The fourth-order valence-electron chi connectivity index (χ4n) is 10.5. The summed E-state index contributed by atoms with van der Waals surface area (Å²) in [6.45, 7) is 22.2. The number of ether oxygens (including phenoxy) is 2. The molecule has 0 bridgehead atoms. The van der Waals surface area contributed by atoms with E-state index in [0.717, 1.165) is 118 Å². The Hall–Kier alpha value is -4.47. The number of nitrogens with zero attached hydrogens (tertiary/aromatic N) is 1. The number of piperidine rings is 2. The van der Waals surface area contributed by atoms with Crippen LogP contribution in [0.15, 0.2) is 72.8 Å². The van der Waals surface area contributed by atoms with Gasteiger partial charge in [-0.05, 0) is 189 Å². The second kappa shape index (κ2) is 21.9.